The fourth-order valence-corrected chi connectivity index (χ4v) is 2.43. The van der Waals surface area contributed by atoms with E-state index in [0.29, 0.717) is 18.7 Å². The van der Waals surface area contributed by atoms with E-state index < -0.39 is 24.5 Å². The Balaban J connectivity index is 1.76. The molecule has 29 heavy (non-hydrogen) atoms. The van der Waals surface area contributed by atoms with Crippen LogP contribution in [0.15, 0.2) is 54.6 Å². The lowest BCUT2D eigenvalue weighted by atomic mass is 10.0. The number of para-hydroxylation sites is 1. The molecule has 2 aromatic rings. The molecule has 0 spiro atoms. The van der Waals surface area contributed by atoms with Crippen molar-refractivity contribution in [3.63, 3.8) is 0 Å². The summed E-state index contributed by atoms with van der Waals surface area (Å²) < 4.78 is 10.4. The maximum atomic E-state index is 11.9. The summed E-state index contributed by atoms with van der Waals surface area (Å²) >= 11 is 0. The largest absolute Gasteiger partial charge is 0.482 e. The van der Waals surface area contributed by atoms with Gasteiger partial charge in [0.1, 0.15) is 5.75 Å². The zero-order chi connectivity index (χ0) is 21.1. The average Bonchev–Trinajstić information content (AvgIpc) is 2.71. The van der Waals surface area contributed by atoms with Crippen molar-refractivity contribution >= 4 is 17.9 Å². The molecule has 0 saturated carbocycles. The number of imide groups is 1. The Morgan fingerprint density at radius 3 is 2.34 bits per heavy atom. The monoisotopic (exact) mass is 398 g/mol. The van der Waals surface area contributed by atoms with Crippen LogP contribution in [0.1, 0.15) is 25.0 Å². The standard InChI is InChI=1S/C22H26N2O5/c1-16(2)13-23-22(27)24-20(25)14-29-21(26)15-28-19-11-7-6-10-18(19)12-17-8-4-3-5-9-17/h3-11,16H,12-15H2,1-2H3,(H2,23,24,25,27). The fourth-order valence-electron chi connectivity index (χ4n) is 2.43. The molecule has 2 rings (SSSR count). The lowest BCUT2D eigenvalue weighted by Gasteiger charge is -2.12. The summed E-state index contributed by atoms with van der Waals surface area (Å²) in [5.41, 5.74) is 2.06. The maximum absolute atomic E-state index is 11.9. The molecule has 154 valence electrons. The molecule has 2 N–H and O–H groups in total. The molecule has 0 radical (unpaired) electrons. The topological polar surface area (TPSA) is 93.7 Å². The van der Waals surface area contributed by atoms with Crippen LogP contribution < -0.4 is 15.4 Å². The van der Waals surface area contributed by atoms with E-state index >= 15 is 0 Å². The van der Waals surface area contributed by atoms with E-state index in [2.05, 4.69) is 10.6 Å². The predicted molar refractivity (Wildman–Crippen MR) is 109 cm³/mol. The van der Waals surface area contributed by atoms with Crippen molar-refractivity contribution in [2.24, 2.45) is 5.92 Å². The molecule has 0 aliphatic carbocycles. The summed E-state index contributed by atoms with van der Waals surface area (Å²) in [6.07, 6.45) is 0.667. The molecular formula is C22H26N2O5. The third-order valence-electron chi connectivity index (χ3n) is 3.84. The summed E-state index contributed by atoms with van der Waals surface area (Å²) in [6, 6.07) is 16.7. The van der Waals surface area contributed by atoms with Gasteiger partial charge in [-0.3, -0.25) is 10.1 Å². The molecule has 0 fully saturated rings. The number of esters is 1. The Kier molecular flexibility index (Phi) is 8.69. The number of carbonyl (C=O) groups excluding carboxylic acids is 3. The first-order valence-electron chi connectivity index (χ1n) is 9.42. The van der Waals surface area contributed by atoms with Gasteiger partial charge in [-0.15, -0.1) is 0 Å². The molecule has 2 aromatic carbocycles. The molecule has 0 heterocycles. The van der Waals surface area contributed by atoms with E-state index in [9.17, 15) is 14.4 Å². The Morgan fingerprint density at radius 2 is 1.62 bits per heavy atom. The van der Waals surface area contributed by atoms with Gasteiger partial charge in [0.25, 0.3) is 5.91 Å². The van der Waals surface area contributed by atoms with Crippen LogP contribution in [0.4, 0.5) is 4.79 Å². The van der Waals surface area contributed by atoms with Crippen LogP contribution in [0.2, 0.25) is 0 Å². The van der Waals surface area contributed by atoms with Crippen molar-refractivity contribution in [1.82, 2.24) is 10.6 Å². The van der Waals surface area contributed by atoms with E-state index in [1.54, 1.807) is 6.07 Å². The summed E-state index contributed by atoms with van der Waals surface area (Å²) in [6.45, 7) is 3.42. The normalized spacial score (nSPS) is 10.3. The van der Waals surface area contributed by atoms with Gasteiger partial charge in [0.05, 0.1) is 0 Å². The molecule has 0 unspecified atom stereocenters. The molecule has 0 bridgehead atoms. The third kappa shape index (κ3) is 8.47. The molecule has 7 nitrogen and oxygen atoms in total. The minimum Gasteiger partial charge on any atom is -0.482 e. The highest BCUT2D eigenvalue weighted by atomic mass is 16.6. The fraction of sp³-hybridized carbons (Fsp3) is 0.318. The predicted octanol–water partition coefficient (Wildman–Crippen LogP) is 2.68. The highest BCUT2D eigenvalue weighted by Gasteiger charge is 2.12. The lowest BCUT2D eigenvalue weighted by molar-refractivity contribution is -0.150. The van der Waals surface area contributed by atoms with E-state index in [1.165, 1.54) is 0 Å². The van der Waals surface area contributed by atoms with Crippen molar-refractivity contribution in [1.29, 1.82) is 0 Å². The minimum atomic E-state index is -0.705. The zero-order valence-electron chi connectivity index (χ0n) is 16.6. The Morgan fingerprint density at radius 1 is 0.931 bits per heavy atom. The number of urea groups is 1. The van der Waals surface area contributed by atoms with E-state index in [1.807, 2.05) is 62.4 Å². The molecule has 7 heteroatoms. The van der Waals surface area contributed by atoms with Gasteiger partial charge in [-0.05, 0) is 23.1 Å². The molecule has 0 saturated heterocycles. The van der Waals surface area contributed by atoms with Crippen LogP contribution in [0.5, 0.6) is 5.75 Å². The highest BCUT2D eigenvalue weighted by molar-refractivity contribution is 5.95. The van der Waals surface area contributed by atoms with Gasteiger partial charge in [0.2, 0.25) is 0 Å². The van der Waals surface area contributed by atoms with Gasteiger partial charge < -0.3 is 14.8 Å². The number of carbonyl (C=O) groups is 3. The van der Waals surface area contributed by atoms with Gasteiger partial charge >= 0.3 is 12.0 Å². The number of hydrogen-bond acceptors (Lipinski definition) is 5. The van der Waals surface area contributed by atoms with Crippen LogP contribution in [-0.4, -0.2) is 37.7 Å². The number of benzene rings is 2. The van der Waals surface area contributed by atoms with Crippen molar-refractivity contribution in [3.05, 3.63) is 65.7 Å². The first-order chi connectivity index (χ1) is 13.9. The second-order valence-corrected chi connectivity index (χ2v) is 6.87. The summed E-state index contributed by atoms with van der Waals surface area (Å²) in [5.74, 6) is -0.567. The second-order valence-electron chi connectivity index (χ2n) is 6.87. The molecule has 3 amide bonds. The zero-order valence-corrected chi connectivity index (χ0v) is 16.6. The van der Waals surface area contributed by atoms with E-state index in [4.69, 9.17) is 9.47 Å². The van der Waals surface area contributed by atoms with Crippen molar-refractivity contribution in [2.75, 3.05) is 19.8 Å². The number of nitrogens with one attached hydrogen (secondary N) is 2. The van der Waals surface area contributed by atoms with Gasteiger partial charge in [0.15, 0.2) is 13.2 Å². The van der Waals surface area contributed by atoms with Gasteiger partial charge in [-0.1, -0.05) is 62.4 Å². The first-order valence-corrected chi connectivity index (χ1v) is 9.42. The highest BCUT2D eigenvalue weighted by Crippen LogP contribution is 2.21. The first kappa shape index (κ1) is 21.9. The summed E-state index contributed by atoms with van der Waals surface area (Å²) in [5, 5.41) is 4.63. The maximum Gasteiger partial charge on any atom is 0.344 e. The number of rotatable bonds is 9. The number of hydrogen-bond donors (Lipinski definition) is 2. The molecule has 0 aliphatic heterocycles. The molecule has 0 aromatic heterocycles. The Labute approximate surface area is 170 Å². The average molecular weight is 398 g/mol. The summed E-state index contributed by atoms with van der Waals surface area (Å²) in [7, 11) is 0. The van der Waals surface area contributed by atoms with Crippen molar-refractivity contribution in [2.45, 2.75) is 20.3 Å². The Hall–Kier alpha value is -3.35. The van der Waals surface area contributed by atoms with Gasteiger partial charge in [0, 0.05) is 13.0 Å². The van der Waals surface area contributed by atoms with E-state index in [0.717, 1.165) is 11.1 Å². The number of ether oxygens (including phenoxy) is 2. The van der Waals surface area contributed by atoms with Crippen molar-refractivity contribution in [3.8, 4) is 5.75 Å². The van der Waals surface area contributed by atoms with Crippen molar-refractivity contribution < 1.29 is 23.9 Å². The molecule has 0 aliphatic rings. The van der Waals surface area contributed by atoms with Crippen LogP contribution in [0, 0.1) is 5.92 Å². The van der Waals surface area contributed by atoms with E-state index in [-0.39, 0.29) is 12.5 Å². The SMILES string of the molecule is CC(C)CNC(=O)NC(=O)COC(=O)COc1ccccc1Cc1ccccc1. The number of amides is 3. The van der Waals surface area contributed by atoms with Crippen LogP contribution in [0.3, 0.4) is 0 Å². The quantitative estimate of drug-likeness (QED) is 0.634. The van der Waals surface area contributed by atoms with Gasteiger partial charge in [-0.2, -0.15) is 0 Å². The van der Waals surface area contributed by atoms with Gasteiger partial charge in [-0.25, -0.2) is 9.59 Å². The third-order valence-corrected chi connectivity index (χ3v) is 3.84. The summed E-state index contributed by atoms with van der Waals surface area (Å²) in [4.78, 5) is 35.0. The molecular weight excluding hydrogens is 372 g/mol. The van der Waals surface area contributed by atoms with Crippen LogP contribution in [-0.2, 0) is 20.7 Å². The van der Waals surface area contributed by atoms with Crippen LogP contribution in [0.25, 0.3) is 0 Å². The lowest BCUT2D eigenvalue weighted by Crippen LogP contribution is -2.42. The Bertz CT molecular complexity index is 821. The molecule has 0 atom stereocenters. The van der Waals surface area contributed by atoms with Crippen LogP contribution >= 0.6 is 0 Å². The minimum absolute atomic E-state index is 0.260. The smallest absolute Gasteiger partial charge is 0.344 e. The second kappa shape index (κ2) is 11.5.